The number of rotatable bonds is 7. The van der Waals surface area contributed by atoms with Crippen LogP contribution in [0, 0.1) is 5.41 Å². The van der Waals surface area contributed by atoms with Crippen molar-refractivity contribution in [2.24, 2.45) is 0 Å². The summed E-state index contributed by atoms with van der Waals surface area (Å²) in [5, 5.41) is 13.1. The third-order valence-corrected chi connectivity index (χ3v) is 2.94. The summed E-state index contributed by atoms with van der Waals surface area (Å²) in [6.07, 6.45) is 2.35. The molecule has 12 heteroatoms. The fraction of sp³-hybridized carbons (Fsp3) is 0.455. The van der Waals surface area contributed by atoms with Crippen LogP contribution in [0.15, 0.2) is 22.6 Å². The van der Waals surface area contributed by atoms with Gasteiger partial charge in [0, 0.05) is 20.2 Å². The van der Waals surface area contributed by atoms with E-state index in [1.807, 2.05) is 0 Å². The highest BCUT2D eigenvalue weighted by atomic mass is 79.9. The van der Waals surface area contributed by atoms with E-state index < -0.39 is 35.7 Å². The first-order valence-corrected chi connectivity index (χ1v) is 6.63. The molecule has 0 spiro atoms. The predicted molar refractivity (Wildman–Crippen MR) is 72.6 cm³/mol. The van der Waals surface area contributed by atoms with Crippen molar-refractivity contribution < 1.29 is 31.1 Å². The van der Waals surface area contributed by atoms with E-state index in [9.17, 15) is 26.3 Å². The number of hydrogen-bond acceptors (Lipinski definition) is 4. The van der Waals surface area contributed by atoms with Gasteiger partial charge in [0.05, 0.1) is 10.7 Å². The SMILES string of the molecule is CN/C(=C(/OC(F)F)C(=N)C(F)(F)C(C)(F)F)n1cc(Br)cn1. The average molecular weight is 409 g/mol. The highest BCUT2D eigenvalue weighted by Crippen LogP contribution is 2.37. The van der Waals surface area contributed by atoms with Crippen LogP contribution in [0.4, 0.5) is 26.3 Å². The zero-order chi connectivity index (χ0) is 18.0. The van der Waals surface area contributed by atoms with Crippen LogP contribution >= 0.6 is 15.9 Å². The normalized spacial score (nSPS) is 13.8. The summed E-state index contributed by atoms with van der Waals surface area (Å²) in [7, 11) is 1.13. The Kier molecular flexibility index (Phi) is 5.72. The van der Waals surface area contributed by atoms with Crippen LogP contribution in [0.25, 0.3) is 5.82 Å². The van der Waals surface area contributed by atoms with Crippen molar-refractivity contribution >= 4 is 27.5 Å². The molecule has 0 aliphatic rings. The molecule has 1 rings (SSSR count). The van der Waals surface area contributed by atoms with Crippen LogP contribution in [0.1, 0.15) is 6.92 Å². The van der Waals surface area contributed by atoms with E-state index >= 15 is 0 Å². The Morgan fingerprint density at radius 2 is 1.96 bits per heavy atom. The molecule has 23 heavy (non-hydrogen) atoms. The van der Waals surface area contributed by atoms with Crippen molar-refractivity contribution in [1.82, 2.24) is 15.1 Å². The first-order valence-electron chi connectivity index (χ1n) is 5.84. The molecule has 0 saturated heterocycles. The van der Waals surface area contributed by atoms with Crippen molar-refractivity contribution in [1.29, 1.82) is 5.41 Å². The van der Waals surface area contributed by atoms with Crippen molar-refractivity contribution in [3.05, 3.63) is 22.6 Å². The molecule has 130 valence electrons. The van der Waals surface area contributed by atoms with Gasteiger partial charge in [-0.1, -0.05) is 0 Å². The van der Waals surface area contributed by atoms with Gasteiger partial charge < -0.3 is 10.1 Å². The second-order valence-electron chi connectivity index (χ2n) is 4.25. The number of nitrogens with one attached hydrogen (secondary N) is 2. The maximum Gasteiger partial charge on any atom is 0.387 e. The number of halogens is 7. The molecule has 0 aromatic carbocycles. The highest BCUT2D eigenvalue weighted by Gasteiger charge is 2.58. The lowest BCUT2D eigenvalue weighted by molar-refractivity contribution is -0.157. The van der Waals surface area contributed by atoms with Gasteiger partial charge in [-0.2, -0.15) is 31.4 Å². The monoisotopic (exact) mass is 408 g/mol. The summed E-state index contributed by atoms with van der Waals surface area (Å²) in [5.41, 5.74) is -2.11. The van der Waals surface area contributed by atoms with Crippen LogP contribution in [0.3, 0.4) is 0 Å². The van der Waals surface area contributed by atoms with E-state index in [0.29, 0.717) is 4.47 Å². The molecule has 0 saturated carbocycles. The van der Waals surface area contributed by atoms with E-state index in [1.165, 1.54) is 6.20 Å². The van der Waals surface area contributed by atoms with Gasteiger partial charge in [-0.15, -0.1) is 0 Å². The minimum Gasteiger partial charge on any atom is -0.429 e. The van der Waals surface area contributed by atoms with Crippen LogP contribution in [0.2, 0.25) is 0 Å². The number of alkyl halides is 6. The maximum atomic E-state index is 13.6. The molecule has 0 fully saturated rings. The number of ether oxygens (including phenoxy) is 1. The lowest BCUT2D eigenvalue weighted by Crippen LogP contribution is -2.46. The van der Waals surface area contributed by atoms with Crippen LogP contribution in [-0.4, -0.2) is 41.0 Å². The molecule has 0 aliphatic carbocycles. The Balaban J connectivity index is 3.49. The quantitative estimate of drug-likeness (QED) is 0.412. The van der Waals surface area contributed by atoms with Crippen LogP contribution in [-0.2, 0) is 4.74 Å². The molecule has 2 N–H and O–H groups in total. The number of hydrogen-bond donors (Lipinski definition) is 2. The Morgan fingerprint density at radius 1 is 1.39 bits per heavy atom. The molecule has 1 aromatic heterocycles. The standard InChI is InChI=1S/C11H11BrF6N4O/c1-10(15,16)11(17,18)7(19)6(23-9(13)14)8(20-2)22-4-5(12)3-21-22/h3-4,9,19-20H,1-2H3/b8-6-,19-7?. The van der Waals surface area contributed by atoms with Gasteiger partial charge in [0.25, 0.3) is 0 Å². The van der Waals surface area contributed by atoms with Gasteiger partial charge >= 0.3 is 18.5 Å². The summed E-state index contributed by atoms with van der Waals surface area (Å²) >= 11 is 2.99. The minimum absolute atomic E-state index is 0.134. The van der Waals surface area contributed by atoms with Gasteiger partial charge in [0.2, 0.25) is 0 Å². The fourth-order valence-electron chi connectivity index (χ4n) is 1.44. The molecule has 5 nitrogen and oxygen atoms in total. The molecular weight excluding hydrogens is 398 g/mol. The summed E-state index contributed by atoms with van der Waals surface area (Å²) < 4.78 is 83.3. The van der Waals surface area contributed by atoms with Crippen molar-refractivity contribution in [2.45, 2.75) is 25.4 Å². The molecular formula is C11H11BrF6N4O. The number of allylic oxidation sites excluding steroid dienone is 1. The lowest BCUT2D eigenvalue weighted by Gasteiger charge is -2.26. The molecule has 0 aliphatic heterocycles. The predicted octanol–water partition coefficient (Wildman–Crippen LogP) is 3.54. The van der Waals surface area contributed by atoms with E-state index in [4.69, 9.17) is 5.41 Å². The highest BCUT2D eigenvalue weighted by molar-refractivity contribution is 9.10. The first kappa shape index (κ1) is 19.3. The zero-order valence-corrected chi connectivity index (χ0v) is 13.3. The fourth-order valence-corrected chi connectivity index (χ4v) is 1.73. The van der Waals surface area contributed by atoms with Gasteiger partial charge in [-0.25, -0.2) is 4.68 Å². The van der Waals surface area contributed by atoms with Crippen molar-refractivity contribution in [3.63, 3.8) is 0 Å². The van der Waals surface area contributed by atoms with Gasteiger partial charge in [0.15, 0.2) is 17.3 Å². The van der Waals surface area contributed by atoms with Crippen molar-refractivity contribution in [3.8, 4) is 0 Å². The summed E-state index contributed by atoms with van der Waals surface area (Å²) in [4.78, 5) is 0. The van der Waals surface area contributed by atoms with Gasteiger partial charge in [0.1, 0.15) is 0 Å². The molecule has 0 unspecified atom stereocenters. The van der Waals surface area contributed by atoms with Crippen molar-refractivity contribution in [2.75, 3.05) is 7.05 Å². The number of nitrogens with zero attached hydrogens (tertiary/aromatic N) is 2. The maximum absolute atomic E-state index is 13.6. The van der Waals surface area contributed by atoms with E-state index in [0.717, 1.165) is 17.9 Å². The molecule has 1 aromatic rings. The van der Waals surface area contributed by atoms with E-state index in [2.05, 4.69) is 31.1 Å². The Bertz CT molecular complexity index is 610. The Hall–Kier alpha value is -1.72. The molecule has 0 atom stereocenters. The smallest absolute Gasteiger partial charge is 0.387 e. The molecule has 0 amide bonds. The van der Waals surface area contributed by atoms with Gasteiger partial charge in [-0.05, 0) is 15.9 Å². The van der Waals surface area contributed by atoms with E-state index in [1.54, 1.807) is 0 Å². The largest absolute Gasteiger partial charge is 0.429 e. The topological polar surface area (TPSA) is 62.9 Å². The zero-order valence-electron chi connectivity index (χ0n) is 11.7. The summed E-state index contributed by atoms with van der Waals surface area (Å²) in [5.74, 6) is -11.8. The molecule has 1 heterocycles. The van der Waals surface area contributed by atoms with Crippen LogP contribution < -0.4 is 5.32 Å². The van der Waals surface area contributed by atoms with Gasteiger partial charge in [-0.3, -0.25) is 5.41 Å². The van der Waals surface area contributed by atoms with E-state index in [-0.39, 0.29) is 6.92 Å². The first-order chi connectivity index (χ1) is 10.4. The van der Waals surface area contributed by atoms with Crippen LogP contribution in [0.5, 0.6) is 0 Å². The third kappa shape index (κ3) is 4.18. The minimum atomic E-state index is -5.04. The Labute approximate surface area is 134 Å². The summed E-state index contributed by atoms with van der Waals surface area (Å²) in [6, 6.07) is 0. The second kappa shape index (κ2) is 6.81. The third-order valence-electron chi connectivity index (χ3n) is 2.53. The summed E-state index contributed by atoms with van der Waals surface area (Å²) in [6.45, 7) is -3.75. The second-order valence-corrected chi connectivity index (χ2v) is 5.16. The molecule has 0 bridgehead atoms. The molecule has 0 radical (unpaired) electrons. The number of aromatic nitrogens is 2. The average Bonchev–Trinajstić information content (AvgIpc) is 2.82. The lowest BCUT2D eigenvalue weighted by atomic mass is 10.1. The Morgan fingerprint density at radius 3 is 2.30 bits per heavy atom.